The number of hydrogen-bond donors (Lipinski definition) is 1. The molecule has 1 heterocycles. The van der Waals surface area contributed by atoms with Crippen LogP contribution >= 0.6 is 0 Å². The minimum absolute atomic E-state index is 0.277. The molecule has 0 amide bonds. The van der Waals surface area contributed by atoms with Crippen molar-refractivity contribution < 1.29 is 31.4 Å². The first-order valence-corrected chi connectivity index (χ1v) is 6.64. The van der Waals surface area contributed by atoms with Crippen LogP contribution in [0.5, 0.6) is 0 Å². The summed E-state index contributed by atoms with van der Waals surface area (Å²) in [6.45, 7) is -1.37. The molecule has 0 aromatic carbocycles. The van der Waals surface area contributed by atoms with Gasteiger partial charge in [-0.25, -0.2) is 0 Å². The van der Waals surface area contributed by atoms with Gasteiger partial charge in [0.15, 0.2) is 5.41 Å². The molecule has 2 atom stereocenters. The van der Waals surface area contributed by atoms with E-state index in [0.29, 0.717) is 12.8 Å². The highest BCUT2D eigenvalue weighted by Gasteiger charge is 2.72. The molecule has 0 aromatic rings. The summed E-state index contributed by atoms with van der Waals surface area (Å²) in [5.74, 6) is 0. The zero-order chi connectivity index (χ0) is 15.2. The van der Waals surface area contributed by atoms with Crippen molar-refractivity contribution in [3.05, 3.63) is 0 Å². The number of aliphatic hydroxyl groups excluding tert-OH is 1. The van der Waals surface area contributed by atoms with Crippen molar-refractivity contribution >= 4 is 0 Å². The van der Waals surface area contributed by atoms with Crippen LogP contribution in [-0.2, 0) is 0 Å². The van der Waals surface area contributed by atoms with E-state index in [9.17, 15) is 31.4 Å². The fourth-order valence-electron chi connectivity index (χ4n) is 3.26. The Kier molecular flexibility index (Phi) is 4.01. The number of rotatable bonds is 1. The maximum absolute atomic E-state index is 12.9. The number of hydrogen-bond acceptors (Lipinski definition) is 2. The summed E-state index contributed by atoms with van der Waals surface area (Å²) in [5, 5.41) is 9.80. The molecule has 2 unspecified atom stereocenters. The van der Waals surface area contributed by atoms with Gasteiger partial charge in [-0.05, 0) is 25.8 Å². The zero-order valence-electron chi connectivity index (χ0n) is 10.8. The summed E-state index contributed by atoms with van der Waals surface area (Å²) >= 11 is 0. The molecule has 1 aliphatic carbocycles. The molecule has 1 aliphatic heterocycles. The van der Waals surface area contributed by atoms with Crippen molar-refractivity contribution in [1.29, 1.82) is 0 Å². The topological polar surface area (TPSA) is 23.5 Å². The van der Waals surface area contributed by atoms with Gasteiger partial charge >= 0.3 is 12.4 Å². The summed E-state index contributed by atoms with van der Waals surface area (Å²) < 4.78 is 77.6. The molecule has 0 aromatic heterocycles. The summed E-state index contributed by atoms with van der Waals surface area (Å²) in [6.07, 6.45) is -10.1. The predicted molar refractivity (Wildman–Crippen MR) is 59.0 cm³/mol. The largest absolute Gasteiger partial charge is 0.404 e. The molecular weight excluding hydrogens is 288 g/mol. The summed E-state index contributed by atoms with van der Waals surface area (Å²) in [5.41, 5.74) is -3.66. The number of aliphatic hydroxyl groups is 1. The average molecular weight is 305 g/mol. The smallest absolute Gasteiger partial charge is 0.391 e. The molecule has 0 bridgehead atoms. The van der Waals surface area contributed by atoms with Crippen LogP contribution in [-0.4, -0.2) is 47.6 Å². The molecule has 0 spiro atoms. The van der Waals surface area contributed by atoms with E-state index in [1.54, 1.807) is 0 Å². The van der Waals surface area contributed by atoms with E-state index in [0.717, 1.165) is 12.8 Å². The van der Waals surface area contributed by atoms with Crippen molar-refractivity contribution in [2.75, 3.05) is 13.1 Å². The Morgan fingerprint density at radius 1 is 0.950 bits per heavy atom. The van der Waals surface area contributed by atoms with Crippen LogP contribution < -0.4 is 0 Å². The third kappa shape index (κ3) is 2.52. The van der Waals surface area contributed by atoms with Gasteiger partial charge in [0, 0.05) is 12.6 Å². The normalized spacial score (nSPS) is 32.5. The highest BCUT2D eigenvalue weighted by Crippen LogP contribution is 2.56. The van der Waals surface area contributed by atoms with Gasteiger partial charge < -0.3 is 5.11 Å². The third-order valence-corrected chi connectivity index (χ3v) is 4.55. The number of likely N-dealkylation sites (tertiary alicyclic amines) is 1. The molecule has 2 fully saturated rings. The standard InChI is InChI=1S/C12H17F6NO/c13-11(14,15)10(12(16,17)18)5-6-19(7-10)8-3-1-2-4-9(8)20/h8-9,20H,1-7H2. The molecule has 0 radical (unpaired) electrons. The lowest BCUT2D eigenvalue weighted by atomic mass is 9.85. The van der Waals surface area contributed by atoms with Gasteiger partial charge in [-0.15, -0.1) is 0 Å². The van der Waals surface area contributed by atoms with Gasteiger partial charge in [0.25, 0.3) is 0 Å². The lowest BCUT2D eigenvalue weighted by Gasteiger charge is -2.38. The molecule has 1 saturated heterocycles. The molecular formula is C12H17F6NO. The van der Waals surface area contributed by atoms with Gasteiger partial charge in [0.1, 0.15) is 0 Å². The molecule has 1 N–H and O–H groups in total. The van der Waals surface area contributed by atoms with E-state index in [2.05, 4.69) is 0 Å². The second-order valence-electron chi connectivity index (χ2n) is 5.72. The average Bonchev–Trinajstić information content (AvgIpc) is 2.74. The Morgan fingerprint density at radius 2 is 1.50 bits per heavy atom. The molecule has 8 heteroatoms. The molecule has 2 rings (SSSR count). The highest BCUT2D eigenvalue weighted by atomic mass is 19.4. The van der Waals surface area contributed by atoms with E-state index < -0.39 is 42.9 Å². The summed E-state index contributed by atoms with van der Waals surface area (Å²) in [6, 6.07) is -0.588. The van der Waals surface area contributed by atoms with Crippen LogP contribution in [0, 0.1) is 5.41 Å². The second kappa shape index (κ2) is 5.05. The molecule has 1 saturated carbocycles. The quantitative estimate of drug-likeness (QED) is 0.753. The Morgan fingerprint density at radius 3 is 1.95 bits per heavy atom. The molecule has 2 aliphatic rings. The summed E-state index contributed by atoms with van der Waals surface area (Å²) in [4.78, 5) is 1.17. The predicted octanol–water partition coefficient (Wildman–Crippen LogP) is 3.11. The highest BCUT2D eigenvalue weighted by molar-refractivity contribution is 5.02. The monoisotopic (exact) mass is 305 g/mol. The molecule has 20 heavy (non-hydrogen) atoms. The number of alkyl halides is 6. The SMILES string of the molecule is OC1CCCCC1N1CCC(C(F)(F)F)(C(F)(F)F)C1. The van der Waals surface area contributed by atoms with Crippen LogP contribution in [0.2, 0.25) is 0 Å². The first-order valence-electron chi connectivity index (χ1n) is 6.64. The second-order valence-corrected chi connectivity index (χ2v) is 5.72. The first kappa shape index (κ1) is 15.9. The fraction of sp³-hybridized carbons (Fsp3) is 1.00. The van der Waals surface area contributed by atoms with E-state index in [-0.39, 0.29) is 6.54 Å². The molecule has 2 nitrogen and oxygen atoms in total. The van der Waals surface area contributed by atoms with Gasteiger partial charge in [0.2, 0.25) is 0 Å². The van der Waals surface area contributed by atoms with Gasteiger partial charge in [0.05, 0.1) is 6.10 Å². The van der Waals surface area contributed by atoms with Gasteiger partial charge in [-0.2, -0.15) is 26.3 Å². The van der Waals surface area contributed by atoms with Gasteiger partial charge in [-0.3, -0.25) is 4.90 Å². The fourth-order valence-corrected chi connectivity index (χ4v) is 3.26. The van der Waals surface area contributed by atoms with Crippen LogP contribution in [0.15, 0.2) is 0 Å². The third-order valence-electron chi connectivity index (χ3n) is 4.55. The van der Waals surface area contributed by atoms with Crippen molar-refractivity contribution in [2.45, 2.75) is 56.6 Å². The van der Waals surface area contributed by atoms with Crippen LogP contribution in [0.25, 0.3) is 0 Å². The van der Waals surface area contributed by atoms with Crippen molar-refractivity contribution in [3.8, 4) is 0 Å². The van der Waals surface area contributed by atoms with E-state index in [1.165, 1.54) is 4.90 Å². The van der Waals surface area contributed by atoms with Crippen LogP contribution in [0.4, 0.5) is 26.3 Å². The maximum atomic E-state index is 12.9. The van der Waals surface area contributed by atoms with E-state index >= 15 is 0 Å². The van der Waals surface area contributed by atoms with Crippen LogP contribution in [0.1, 0.15) is 32.1 Å². The Balaban J connectivity index is 2.20. The van der Waals surface area contributed by atoms with Crippen LogP contribution in [0.3, 0.4) is 0 Å². The van der Waals surface area contributed by atoms with Gasteiger partial charge in [-0.1, -0.05) is 12.8 Å². The Labute approximate surface area is 112 Å². The van der Waals surface area contributed by atoms with E-state index in [4.69, 9.17) is 0 Å². The van der Waals surface area contributed by atoms with Crippen molar-refractivity contribution in [2.24, 2.45) is 5.41 Å². The Hall–Kier alpha value is -0.500. The van der Waals surface area contributed by atoms with Crippen molar-refractivity contribution in [1.82, 2.24) is 4.90 Å². The number of halogens is 6. The number of nitrogens with zero attached hydrogens (tertiary/aromatic N) is 1. The first-order chi connectivity index (χ1) is 9.08. The minimum Gasteiger partial charge on any atom is -0.391 e. The lowest BCUT2D eigenvalue weighted by molar-refractivity contribution is -0.336. The minimum atomic E-state index is -5.32. The lowest BCUT2D eigenvalue weighted by Crippen LogP contribution is -2.53. The zero-order valence-corrected chi connectivity index (χ0v) is 10.8. The van der Waals surface area contributed by atoms with E-state index in [1.807, 2.05) is 0 Å². The van der Waals surface area contributed by atoms with Crippen molar-refractivity contribution in [3.63, 3.8) is 0 Å². The summed E-state index contributed by atoms with van der Waals surface area (Å²) in [7, 11) is 0. The Bertz CT molecular complexity index is 339. The maximum Gasteiger partial charge on any atom is 0.404 e. The molecule has 118 valence electrons.